The van der Waals surface area contributed by atoms with E-state index in [0.717, 1.165) is 17.0 Å². The number of aromatic nitrogens is 3. The average Bonchev–Trinajstić information content (AvgIpc) is 3.08. The smallest absolute Gasteiger partial charge is 0.253 e. The molecule has 5 nitrogen and oxygen atoms in total. The predicted molar refractivity (Wildman–Crippen MR) is 103 cm³/mol. The van der Waals surface area contributed by atoms with Gasteiger partial charge in [0.2, 0.25) is 0 Å². The van der Waals surface area contributed by atoms with Crippen molar-refractivity contribution in [2.75, 3.05) is 0 Å². The average molecular weight is 387 g/mol. The molecule has 0 saturated heterocycles. The molecule has 7 heteroatoms. The van der Waals surface area contributed by atoms with E-state index in [1.165, 1.54) is 12.3 Å². The first kappa shape index (κ1) is 19.0. The summed E-state index contributed by atoms with van der Waals surface area (Å²) in [7, 11) is 0. The summed E-state index contributed by atoms with van der Waals surface area (Å²) in [5, 5.41) is 3.39. The van der Waals surface area contributed by atoms with E-state index in [1.54, 1.807) is 29.1 Å². The van der Waals surface area contributed by atoms with Gasteiger partial charge in [-0.3, -0.25) is 9.36 Å². The number of halogens is 2. The zero-order chi connectivity index (χ0) is 19.6. The van der Waals surface area contributed by atoms with E-state index in [2.05, 4.69) is 15.3 Å². The van der Waals surface area contributed by atoms with Crippen molar-refractivity contribution < 1.29 is 9.18 Å². The first-order chi connectivity index (χ1) is 12.9. The number of carbonyl (C=O) groups excluding carboxylic acids is 1. The Hall–Kier alpha value is -2.73. The van der Waals surface area contributed by atoms with Gasteiger partial charge in [0.05, 0.1) is 28.5 Å². The van der Waals surface area contributed by atoms with Crippen molar-refractivity contribution >= 4 is 17.5 Å². The van der Waals surface area contributed by atoms with Crippen LogP contribution in [-0.4, -0.2) is 20.4 Å². The van der Waals surface area contributed by atoms with Crippen LogP contribution in [0.4, 0.5) is 4.39 Å². The van der Waals surface area contributed by atoms with E-state index in [4.69, 9.17) is 11.6 Å². The van der Waals surface area contributed by atoms with Gasteiger partial charge in [0, 0.05) is 5.69 Å². The number of nitrogens with zero attached hydrogens (tertiary/aromatic N) is 3. The van der Waals surface area contributed by atoms with Crippen LogP contribution in [0.1, 0.15) is 47.2 Å². The van der Waals surface area contributed by atoms with Gasteiger partial charge in [-0.2, -0.15) is 0 Å². The molecule has 2 aromatic heterocycles. The summed E-state index contributed by atoms with van der Waals surface area (Å²) in [6, 6.07) is 7.97. The summed E-state index contributed by atoms with van der Waals surface area (Å²) in [6.45, 7) is 5.72. The lowest BCUT2D eigenvalue weighted by Gasteiger charge is -2.16. The molecule has 2 heterocycles. The Balaban J connectivity index is 1.87. The maximum atomic E-state index is 13.1. The van der Waals surface area contributed by atoms with Crippen molar-refractivity contribution in [1.29, 1.82) is 0 Å². The fourth-order valence-corrected chi connectivity index (χ4v) is 3.19. The molecule has 1 unspecified atom stereocenters. The second-order valence-corrected chi connectivity index (χ2v) is 6.64. The van der Waals surface area contributed by atoms with Crippen molar-refractivity contribution in [3.8, 4) is 5.82 Å². The molecule has 0 saturated carbocycles. The van der Waals surface area contributed by atoms with Crippen LogP contribution in [0.25, 0.3) is 5.82 Å². The van der Waals surface area contributed by atoms with Crippen molar-refractivity contribution in [1.82, 2.24) is 19.9 Å². The molecule has 1 aromatic carbocycles. The number of hydrogen-bond acceptors (Lipinski definition) is 3. The maximum Gasteiger partial charge on any atom is 0.253 e. The first-order valence-corrected chi connectivity index (χ1v) is 9.04. The Kier molecular flexibility index (Phi) is 5.56. The topological polar surface area (TPSA) is 59.8 Å². The Labute approximate surface area is 162 Å². The van der Waals surface area contributed by atoms with Crippen molar-refractivity contribution in [3.05, 3.63) is 76.2 Å². The van der Waals surface area contributed by atoms with Crippen LogP contribution in [0.3, 0.4) is 0 Å². The highest BCUT2D eigenvalue weighted by Crippen LogP contribution is 2.23. The molecule has 0 radical (unpaired) electrons. The summed E-state index contributed by atoms with van der Waals surface area (Å²) in [5.74, 6) is -0.0761. The normalized spacial score (nSPS) is 12.0. The van der Waals surface area contributed by atoms with Gasteiger partial charge in [0.1, 0.15) is 18.0 Å². The largest absolute Gasteiger partial charge is 0.344 e. The number of hydrogen-bond donors (Lipinski definition) is 1. The van der Waals surface area contributed by atoms with Crippen molar-refractivity contribution in [2.45, 2.75) is 33.2 Å². The Morgan fingerprint density at radius 3 is 2.74 bits per heavy atom. The molecule has 3 aromatic rings. The minimum absolute atomic E-state index is 0.257. The SMILES string of the molecule is CCc1c(C(C)NC(=O)c2cccc(C)c2Cl)ncn1-c1ccc(F)cn1. The lowest BCUT2D eigenvalue weighted by Crippen LogP contribution is -2.28. The third-order valence-electron chi connectivity index (χ3n) is 4.39. The van der Waals surface area contributed by atoms with Gasteiger partial charge in [0.25, 0.3) is 5.91 Å². The molecule has 0 aliphatic heterocycles. The minimum Gasteiger partial charge on any atom is -0.344 e. The molecule has 0 bridgehead atoms. The molecule has 140 valence electrons. The van der Waals surface area contributed by atoms with E-state index < -0.39 is 5.82 Å². The van der Waals surface area contributed by atoms with Gasteiger partial charge >= 0.3 is 0 Å². The number of amides is 1. The van der Waals surface area contributed by atoms with Gasteiger partial charge in [-0.25, -0.2) is 14.4 Å². The summed E-state index contributed by atoms with van der Waals surface area (Å²) in [4.78, 5) is 21.2. The van der Waals surface area contributed by atoms with Crippen molar-refractivity contribution in [2.24, 2.45) is 0 Å². The van der Waals surface area contributed by atoms with E-state index in [-0.39, 0.29) is 11.9 Å². The summed E-state index contributed by atoms with van der Waals surface area (Å²) in [5.41, 5.74) is 2.91. The predicted octanol–water partition coefficient (Wildman–Crippen LogP) is 4.42. The maximum absolute atomic E-state index is 13.1. The van der Waals surface area contributed by atoms with Gasteiger partial charge in [-0.15, -0.1) is 0 Å². The highest BCUT2D eigenvalue weighted by atomic mass is 35.5. The number of aryl methyl sites for hydroxylation is 1. The third kappa shape index (κ3) is 3.85. The molecule has 1 atom stereocenters. The van der Waals surface area contributed by atoms with Crippen LogP contribution in [0.15, 0.2) is 42.9 Å². The molecular formula is C20H20ClFN4O. The standard InChI is InChI=1S/C20H20ClFN4O/c1-4-16-19(24-11-26(16)17-9-8-14(22)10-23-17)13(3)25-20(27)15-7-5-6-12(2)18(15)21/h5-11,13H,4H2,1-3H3,(H,25,27). The van der Waals surface area contributed by atoms with Gasteiger partial charge in [-0.1, -0.05) is 30.7 Å². The molecule has 1 N–H and O–H groups in total. The molecule has 0 aliphatic carbocycles. The molecule has 27 heavy (non-hydrogen) atoms. The molecule has 3 rings (SSSR count). The number of rotatable bonds is 5. The lowest BCUT2D eigenvalue weighted by atomic mass is 10.1. The molecule has 0 fully saturated rings. The zero-order valence-electron chi connectivity index (χ0n) is 15.3. The van der Waals surface area contributed by atoms with Gasteiger partial charge < -0.3 is 5.32 Å². The number of pyridine rings is 1. The summed E-state index contributed by atoms with van der Waals surface area (Å²) >= 11 is 6.25. The minimum atomic E-state index is -0.396. The highest BCUT2D eigenvalue weighted by Gasteiger charge is 2.20. The zero-order valence-corrected chi connectivity index (χ0v) is 16.1. The van der Waals surface area contributed by atoms with Crippen molar-refractivity contribution in [3.63, 3.8) is 0 Å². The van der Waals surface area contributed by atoms with E-state index in [0.29, 0.717) is 22.8 Å². The third-order valence-corrected chi connectivity index (χ3v) is 4.89. The Morgan fingerprint density at radius 1 is 1.30 bits per heavy atom. The molecule has 0 aliphatic rings. The molecule has 0 spiro atoms. The summed E-state index contributed by atoms with van der Waals surface area (Å²) in [6.07, 6.45) is 3.48. The number of carbonyl (C=O) groups is 1. The van der Waals surface area contributed by atoms with Crippen LogP contribution >= 0.6 is 11.6 Å². The lowest BCUT2D eigenvalue weighted by molar-refractivity contribution is 0.0939. The van der Waals surface area contributed by atoms with Crippen LogP contribution in [0.2, 0.25) is 5.02 Å². The van der Waals surface area contributed by atoms with Crippen LogP contribution in [0.5, 0.6) is 0 Å². The fourth-order valence-electron chi connectivity index (χ4n) is 2.97. The number of nitrogens with one attached hydrogen (secondary N) is 1. The molecule has 1 amide bonds. The first-order valence-electron chi connectivity index (χ1n) is 8.66. The fraction of sp³-hybridized carbons (Fsp3) is 0.250. The van der Waals surface area contributed by atoms with Gasteiger partial charge in [-0.05, 0) is 44.0 Å². The van der Waals surface area contributed by atoms with Crippen LogP contribution < -0.4 is 5.32 Å². The summed E-state index contributed by atoms with van der Waals surface area (Å²) < 4.78 is 14.9. The van der Waals surface area contributed by atoms with Crippen LogP contribution in [-0.2, 0) is 6.42 Å². The Morgan fingerprint density at radius 2 is 2.07 bits per heavy atom. The second-order valence-electron chi connectivity index (χ2n) is 6.27. The number of benzene rings is 1. The highest BCUT2D eigenvalue weighted by molar-refractivity contribution is 6.34. The van der Waals surface area contributed by atoms with Crippen LogP contribution in [0, 0.1) is 12.7 Å². The monoisotopic (exact) mass is 386 g/mol. The Bertz CT molecular complexity index is 969. The second kappa shape index (κ2) is 7.88. The van der Waals surface area contributed by atoms with E-state index in [1.807, 2.05) is 26.8 Å². The van der Waals surface area contributed by atoms with E-state index >= 15 is 0 Å². The van der Waals surface area contributed by atoms with E-state index in [9.17, 15) is 9.18 Å². The van der Waals surface area contributed by atoms with Gasteiger partial charge in [0.15, 0.2) is 0 Å². The quantitative estimate of drug-likeness (QED) is 0.706. The number of imidazole rings is 1. The molecular weight excluding hydrogens is 367 g/mol.